The van der Waals surface area contributed by atoms with Crippen molar-refractivity contribution in [3.8, 4) is 0 Å². The Balaban J connectivity index is 1.94. The highest BCUT2D eigenvalue weighted by molar-refractivity contribution is 6.32. The number of carboxylic acids is 2. The van der Waals surface area contributed by atoms with Crippen LogP contribution in [0.4, 0.5) is 0 Å². The molecule has 0 aromatic carbocycles. The van der Waals surface area contributed by atoms with Gasteiger partial charge < -0.3 is 34.8 Å². The van der Waals surface area contributed by atoms with Gasteiger partial charge in [-0.1, -0.05) is 24.6 Å². The van der Waals surface area contributed by atoms with Crippen LogP contribution < -0.4 is 0 Å². The number of rotatable bonds is 15. The third-order valence-electron chi connectivity index (χ3n) is 4.78. The van der Waals surface area contributed by atoms with Crippen molar-refractivity contribution in [1.29, 1.82) is 0 Å². The Labute approximate surface area is 190 Å². The quantitative estimate of drug-likeness (QED) is 0.0915. The van der Waals surface area contributed by atoms with Crippen LogP contribution in [0.25, 0.3) is 0 Å². The highest BCUT2D eigenvalue weighted by Gasteiger charge is 2.34. The number of hydrogen-bond acceptors (Lipinski definition) is 10. The van der Waals surface area contributed by atoms with Gasteiger partial charge in [0.1, 0.15) is 23.7 Å². The van der Waals surface area contributed by atoms with E-state index in [1.54, 1.807) is 17.2 Å². The summed E-state index contributed by atoms with van der Waals surface area (Å²) in [6, 6.07) is 0. The first-order chi connectivity index (χ1) is 15.7. The summed E-state index contributed by atoms with van der Waals surface area (Å²) in [5.41, 5.74) is 0.255. The summed E-state index contributed by atoms with van der Waals surface area (Å²) in [6.07, 6.45) is 5.30. The van der Waals surface area contributed by atoms with E-state index in [9.17, 15) is 19.8 Å². The molecule has 14 heteroatoms. The minimum Gasteiger partial charge on any atom is -0.487 e. The van der Waals surface area contributed by atoms with E-state index in [0.717, 1.165) is 6.42 Å². The lowest BCUT2D eigenvalue weighted by Gasteiger charge is -2.41. The van der Waals surface area contributed by atoms with Crippen LogP contribution in [0.1, 0.15) is 31.9 Å². The summed E-state index contributed by atoms with van der Waals surface area (Å²) in [7, 11) is -2.11. The van der Waals surface area contributed by atoms with Crippen LogP contribution in [0.15, 0.2) is 29.7 Å². The molecule has 1 aromatic rings. The zero-order valence-corrected chi connectivity index (χ0v) is 18.3. The van der Waals surface area contributed by atoms with Gasteiger partial charge in [0.25, 0.3) is 0 Å². The number of aliphatic carboxylic acids is 2. The summed E-state index contributed by atoms with van der Waals surface area (Å²) in [5, 5.41) is 54.1. The monoisotopic (exact) mass is 468 g/mol. The smallest absolute Gasteiger partial charge is 0.487 e. The van der Waals surface area contributed by atoms with Gasteiger partial charge in [-0.25, -0.2) is 9.48 Å². The Hall–Kier alpha value is -2.78. The van der Waals surface area contributed by atoms with E-state index in [1.165, 1.54) is 10.8 Å². The van der Waals surface area contributed by atoms with Crippen molar-refractivity contribution < 1.29 is 44.3 Å². The van der Waals surface area contributed by atoms with Gasteiger partial charge in [-0.3, -0.25) is 9.69 Å². The number of aliphatic hydroxyl groups excluding tert-OH is 1. The van der Waals surface area contributed by atoms with Gasteiger partial charge in [0, 0.05) is 25.7 Å². The Kier molecular flexibility index (Phi) is 10.5. The average molecular weight is 468 g/mol. The van der Waals surface area contributed by atoms with Gasteiger partial charge in [0.15, 0.2) is 0 Å². The molecule has 1 atom stereocenters. The second-order valence-electron chi connectivity index (χ2n) is 7.48. The number of carboxylic acid groups (broad SMARTS) is 2. The van der Waals surface area contributed by atoms with Gasteiger partial charge in [-0.2, -0.15) is 0 Å². The van der Waals surface area contributed by atoms with Gasteiger partial charge >= 0.3 is 19.3 Å². The lowest BCUT2D eigenvalue weighted by molar-refractivity contribution is -0.137. The molecule has 0 saturated carbocycles. The zero-order chi connectivity index (χ0) is 24.4. The number of likely N-dealkylation sites (tertiary alicyclic amines) is 1. The highest BCUT2D eigenvalue weighted by Crippen LogP contribution is 2.21. The maximum atomic E-state index is 11.6. The van der Waals surface area contributed by atoms with Crippen LogP contribution in [0, 0.1) is 0 Å². The maximum Gasteiger partial charge on any atom is 0.634 e. The Morgan fingerprint density at radius 3 is 2.67 bits per heavy atom. The molecule has 2 rings (SSSR count). The van der Waals surface area contributed by atoms with E-state index >= 15 is 0 Å². The molecule has 1 saturated heterocycles. The van der Waals surface area contributed by atoms with Gasteiger partial charge in [-0.05, 0) is 12.5 Å². The van der Waals surface area contributed by atoms with Gasteiger partial charge in [-0.15, -0.1) is 5.10 Å². The van der Waals surface area contributed by atoms with Crippen molar-refractivity contribution in [3.63, 3.8) is 0 Å². The van der Waals surface area contributed by atoms with Crippen molar-refractivity contribution in [2.75, 3.05) is 19.7 Å². The fourth-order valence-electron chi connectivity index (χ4n) is 2.99. The first-order valence-corrected chi connectivity index (χ1v) is 10.5. The van der Waals surface area contributed by atoms with E-state index < -0.39 is 38.2 Å². The molecule has 1 aliphatic rings. The van der Waals surface area contributed by atoms with Gasteiger partial charge in [0.05, 0.1) is 25.3 Å². The molecule has 13 nitrogen and oxygen atoms in total. The maximum absolute atomic E-state index is 11.6. The summed E-state index contributed by atoms with van der Waals surface area (Å²) in [4.78, 5) is 24.0. The number of ether oxygens (including phenoxy) is 1. The molecular weight excluding hydrogens is 439 g/mol. The number of nitrogens with zero attached hydrogens (tertiary/aromatic N) is 4. The number of unbranched alkanes of at least 4 members (excludes halogenated alkanes) is 1. The van der Waals surface area contributed by atoms with Crippen molar-refractivity contribution in [2.24, 2.45) is 0 Å². The molecule has 33 heavy (non-hydrogen) atoms. The third-order valence-corrected chi connectivity index (χ3v) is 4.78. The molecule has 1 aliphatic heterocycles. The van der Waals surface area contributed by atoms with Crippen LogP contribution in [0.3, 0.4) is 0 Å². The first kappa shape index (κ1) is 26.5. The lowest BCUT2D eigenvalue weighted by Crippen LogP contribution is -2.57. The standard InChI is InChI=1S/C19H29BN4O9/c1-2-3-4-5-16(15(19(28)29)12-32-20(30)31)33-14-9-23(10-14)17(25)11-24-8-13(21-22-24)6-7-18(26)27/h4-5,8,14,17,25,30-31H,2-3,6-7,9-12H2,1H3,(H,26,27)(H,28,29)/b5-4-,16-15-. The van der Waals surface area contributed by atoms with Gasteiger partial charge in [0.2, 0.25) is 0 Å². The molecule has 0 amide bonds. The number of aromatic nitrogens is 3. The first-order valence-electron chi connectivity index (χ1n) is 10.5. The van der Waals surface area contributed by atoms with Crippen LogP contribution in [0.2, 0.25) is 0 Å². The average Bonchev–Trinajstić information content (AvgIpc) is 3.15. The number of hydrogen-bond donors (Lipinski definition) is 5. The molecule has 182 valence electrons. The minimum absolute atomic E-state index is 0.0510. The number of aryl methyl sites for hydroxylation is 1. The number of carbonyl (C=O) groups is 2. The summed E-state index contributed by atoms with van der Waals surface area (Å²) in [5.74, 6) is -2.19. The zero-order valence-electron chi connectivity index (χ0n) is 18.3. The topological polar surface area (TPSA) is 188 Å². The Morgan fingerprint density at radius 1 is 1.33 bits per heavy atom. The summed E-state index contributed by atoms with van der Waals surface area (Å²) >= 11 is 0. The minimum atomic E-state index is -2.11. The molecular formula is C19H29BN4O9. The molecule has 0 bridgehead atoms. The molecule has 1 unspecified atom stereocenters. The predicted molar refractivity (Wildman–Crippen MR) is 113 cm³/mol. The van der Waals surface area contributed by atoms with E-state index in [4.69, 9.17) is 19.9 Å². The van der Waals surface area contributed by atoms with E-state index in [1.807, 2.05) is 6.92 Å². The molecule has 1 fully saturated rings. The fourth-order valence-corrected chi connectivity index (χ4v) is 2.99. The Morgan fingerprint density at radius 2 is 2.06 bits per heavy atom. The second kappa shape index (κ2) is 13.1. The molecule has 5 N–H and O–H groups in total. The van der Waals surface area contributed by atoms with E-state index in [2.05, 4.69) is 15.0 Å². The second-order valence-corrected chi connectivity index (χ2v) is 7.48. The lowest BCUT2D eigenvalue weighted by atomic mass is 10.1. The molecule has 0 aliphatic carbocycles. The van der Waals surface area contributed by atoms with E-state index in [0.29, 0.717) is 25.2 Å². The fraction of sp³-hybridized carbons (Fsp3) is 0.579. The van der Waals surface area contributed by atoms with Crippen molar-refractivity contribution in [3.05, 3.63) is 35.4 Å². The van der Waals surface area contributed by atoms with Crippen LogP contribution in [-0.2, 0) is 31.9 Å². The van der Waals surface area contributed by atoms with E-state index in [-0.39, 0.29) is 30.7 Å². The molecule has 1 aromatic heterocycles. The number of aliphatic hydroxyl groups is 1. The SMILES string of the molecule is CCC/C=C\C(OC1CN(C(O)Cn2cc(CCC(=O)O)nn2)C1)=C(/COB(O)O)C(=O)O. The molecule has 0 spiro atoms. The van der Waals surface area contributed by atoms with Crippen molar-refractivity contribution >= 4 is 19.3 Å². The molecule has 2 heterocycles. The highest BCUT2D eigenvalue weighted by atomic mass is 16.6. The largest absolute Gasteiger partial charge is 0.634 e. The summed E-state index contributed by atoms with van der Waals surface area (Å²) in [6.45, 7) is 2.17. The van der Waals surface area contributed by atoms with Crippen LogP contribution in [0.5, 0.6) is 0 Å². The van der Waals surface area contributed by atoms with Crippen LogP contribution >= 0.6 is 0 Å². The number of allylic oxidation sites excluding steroid dienone is 2. The molecule has 0 radical (unpaired) electrons. The van der Waals surface area contributed by atoms with Crippen molar-refractivity contribution in [2.45, 2.75) is 51.5 Å². The normalized spacial score (nSPS) is 16.4. The summed E-state index contributed by atoms with van der Waals surface area (Å²) < 4.78 is 11.8. The third kappa shape index (κ3) is 8.94. The Bertz CT molecular complexity index is 852. The predicted octanol–water partition coefficient (Wildman–Crippen LogP) is -1.00. The van der Waals surface area contributed by atoms with Crippen molar-refractivity contribution in [1.82, 2.24) is 19.9 Å². The van der Waals surface area contributed by atoms with Crippen LogP contribution in [-0.4, -0.2) is 96.5 Å².